The number of benzene rings is 1. The Bertz CT molecular complexity index is 780. The number of fused-ring (bicyclic) bond motifs is 1. The summed E-state index contributed by atoms with van der Waals surface area (Å²) >= 11 is 3.62. The first-order chi connectivity index (χ1) is 13.5. The lowest BCUT2D eigenvalue weighted by molar-refractivity contribution is -0.145. The number of alkyl halides is 1. The van der Waals surface area contributed by atoms with Gasteiger partial charge in [0.1, 0.15) is 6.10 Å². The summed E-state index contributed by atoms with van der Waals surface area (Å²) in [5.74, 6) is -1.21. The second-order valence-corrected chi connectivity index (χ2v) is 8.93. The topological polar surface area (TPSA) is 81.7 Å². The van der Waals surface area contributed by atoms with Gasteiger partial charge in [0.15, 0.2) is 0 Å². The third-order valence-electron chi connectivity index (χ3n) is 6.19. The Morgan fingerprint density at radius 2 is 1.96 bits per heavy atom. The lowest BCUT2D eigenvalue weighted by atomic mass is 9.79. The van der Waals surface area contributed by atoms with Gasteiger partial charge in [-0.05, 0) is 43.0 Å². The molecule has 1 amide bonds. The molecule has 0 aromatic heterocycles. The van der Waals surface area contributed by atoms with E-state index in [1.807, 2.05) is 0 Å². The Hall–Kier alpha value is -1.89. The van der Waals surface area contributed by atoms with E-state index in [1.54, 1.807) is 24.3 Å². The Labute approximate surface area is 172 Å². The minimum atomic E-state index is -0.371. The molecule has 150 valence electrons. The third-order valence-corrected chi connectivity index (χ3v) is 7.40. The van der Waals surface area contributed by atoms with E-state index in [9.17, 15) is 14.4 Å². The zero-order chi connectivity index (χ0) is 19.8. The number of carbonyl (C=O) groups is 3. The maximum absolute atomic E-state index is 12.9. The van der Waals surface area contributed by atoms with Crippen molar-refractivity contribution in [3.63, 3.8) is 0 Å². The van der Waals surface area contributed by atoms with Crippen LogP contribution in [0.5, 0.6) is 0 Å². The number of hydrogen-bond acceptors (Lipinski definition) is 5. The predicted octanol–water partition coefficient (Wildman–Crippen LogP) is 3.54. The molecule has 2 saturated carbocycles. The van der Waals surface area contributed by atoms with Gasteiger partial charge in [-0.3, -0.25) is 9.59 Å². The molecule has 1 aromatic carbocycles. The van der Waals surface area contributed by atoms with Crippen LogP contribution < -0.4 is 5.32 Å². The van der Waals surface area contributed by atoms with Crippen molar-refractivity contribution in [2.45, 2.75) is 43.5 Å². The standard InChI is InChI=1S/C21H24BrNO5/c1-2-3-4-9-27-20(25)11-5-7-12(8-6-11)23-19(24)15-13-10-14-16(15)21(26)28-18(14)17(13)22/h5-8,13-18H,2-4,9-10H2,1H3,(H,23,24)/t13-,14-,15-,16+,17+,18+/m1/s1. The molecule has 1 aromatic rings. The van der Waals surface area contributed by atoms with Crippen LogP contribution in [0.25, 0.3) is 0 Å². The molecule has 3 aliphatic rings. The molecule has 0 radical (unpaired) electrons. The van der Waals surface area contributed by atoms with Crippen LogP contribution >= 0.6 is 15.9 Å². The number of halogens is 1. The first-order valence-electron chi connectivity index (χ1n) is 9.94. The number of esters is 2. The van der Waals surface area contributed by atoms with Crippen molar-refractivity contribution in [2.24, 2.45) is 23.7 Å². The number of amides is 1. The number of unbranched alkanes of at least 4 members (excludes halogenated alkanes) is 2. The molecule has 3 fully saturated rings. The zero-order valence-electron chi connectivity index (χ0n) is 15.7. The molecule has 7 heteroatoms. The van der Waals surface area contributed by atoms with Crippen molar-refractivity contribution in [2.75, 3.05) is 11.9 Å². The van der Waals surface area contributed by atoms with Crippen molar-refractivity contribution in [1.29, 1.82) is 0 Å². The molecular weight excluding hydrogens is 426 g/mol. The van der Waals surface area contributed by atoms with E-state index >= 15 is 0 Å². The fourth-order valence-electron chi connectivity index (χ4n) is 4.85. The fourth-order valence-corrected chi connectivity index (χ4v) is 5.89. The lowest BCUT2D eigenvalue weighted by Crippen LogP contribution is -2.40. The van der Waals surface area contributed by atoms with Gasteiger partial charge in [0.05, 0.1) is 28.8 Å². The van der Waals surface area contributed by atoms with E-state index in [0.717, 1.165) is 25.7 Å². The van der Waals surface area contributed by atoms with E-state index in [-0.39, 0.29) is 52.4 Å². The number of rotatable bonds is 7. The molecule has 1 aliphatic heterocycles. The third kappa shape index (κ3) is 3.34. The van der Waals surface area contributed by atoms with Crippen LogP contribution in [0, 0.1) is 23.7 Å². The SMILES string of the molecule is CCCCCOC(=O)c1ccc(NC(=O)[C@@H]2[C@H]3C[C@H]4[C@H](OC(=O)[C@@H]42)[C@H]3Br)cc1. The summed E-state index contributed by atoms with van der Waals surface area (Å²) in [7, 11) is 0. The Morgan fingerprint density at radius 1 is 1.21 bits per heavy atom. The van der Waals surface area contributed by atoms with Crippen molar-refractivity contribution in [3.8, 4) is 0 Å². The molecule has 1 heterocycles. The van der Waals surface area contributed by atoms with Crippen molar-refractivity contribution in [1.82, 2.24) is 0 Å². The molecule has 28 heavy (non-hydrogen) atoms. The summed E-state index contributed by atoms with van der Waals surface area (Å²) in [5, 5.41) is 2.90. The van der Waals surface area contributed by atoms with E-state index in [0.29, 0.717) is 17.9 Å². The maximum atomic E-state index is 12.9. The van der Waals surface area contributed by atoms with E-state index in [2.05, 4.69) is 28.2 Å². The van der Waals surface area contributed by atoms with E-state index in [1.165, 1.54) is 0 Å². The van der Waals surface area contributed by atoms with Gasteiger partial charge >= 0.3 is 11.9 Å². The normalized spacial score (nSPS) is 32.3. The average Bonchev–Trinajstić information content (AvgIpc) is 3.30. The van der Waals surface area contributed by atoms with Gasteiger partial charge in [-0.25, -0.2) is 4.79 Å². The Balaban J connectivity index is 1.36. The summed E-state index contributed by atoms with van der Waals surface area (Å²) < 4.78 is 10.7. The lowest BCUT2D eigenvalue weighted by Gasteiger charge is -2.27. The highest BCUT2D eigenvalue weighted by Crippen LogP contribution is 2.60. The predicted molar refractivity (Wildman–Crippen MR) is 106 cm³/mol. The molecule has 2 bridgehead atoms. The molecular formula is C21H24BrNO5. The summed E-state index contributed by atoms with van der Waals surface area (Å²) in [5.41, 5.74) is 1.06. The minimum Gasteiger partial charge on any atom is -0.462 e. The maximum Gasteiger partial charge on any atom is 0.338 e. The number of carbonyl (C=O) groups excluding carboxylic acids is 3. The van der Waals surface area contributed by atoms with Gasteiger partial charge in [-0.1, -0.05) is 35.7 Å². The van der Waals surface area contributed by atoms with Crippen molar-refractivity contribution in [3.05, 3.63) is 29.8 Å². The molecule has 1 N–H and O–H groups in total. The van der Waals surface area contributed by atoms with Crippen LogP contribution in [0.2, 0.25) is 0 Å². The fraction of sp³-hybridized carbons (Fsp3) is 0.571. The van der Waals surface area contributed by atoms with Gasteiger partial charge in [0, 0.05) is 11.6 Å². The molecule has 0 spiro atoms. The highest BCUT2D eigenvalue weighted by atomic mass is 79.9. The molecule has 4 rings (SSSR count). The van der Waals surface area contributed by atoms with Crippen LogP contribution in [-0.4, -0.2) is 35.4 Å². The van der Waals surface area contributed by atoms with Crippen LogP contribution in [-0.2, 0) is 19.1 Å². The number of nitrogens with one attached hydrogen (secondary N) is 1. The zero-order valence-corrected chi connectivity index (χ0v) is 17.3. The Morgan fingerprint density at radius 3 is 2.68 bits per heavy atom. The smallest absolute Gasteiger partial charge is 0.338 e. The first-order valence-corrected chi connectivity index (χ1v) is 10.9. The highest BCUT2D eigenvalue weighted by Gasteiger charge is 2.67. The van der Waals surface area contributed by atoms with Gasteiger partial charge in [-0.15, -0.1) is 0 Å². The second-order valence-electron chi connectivity index (χ2n) is 7.87. The van der Waals surface area contributed by atoms with E-state index < -0.39 is 0 Å². The highest BCUT2D eigenvalue weighted by molar-refractivity contribution is 9.09. The van der Waals surface area contributed by atoms with Crippen molar-refractivity contribution >= 4 is 39.5 Å². The number of ether oxygens (including phenoxy) is 2. The van der Waals surface area contributed by atoms with Crippen LogP contribution in [0.4, 0.5) is 5.69 Å². The second kappa shape index (κ2) is 7.85. The van der Waals surface area contributed by atoms with Crippen LogP contribution in [0.15, 0.2) is 24.3 Å². The summed E-state index contributed by atoms with van der Waals surface area (Å²) in [6.45, 7) is 2.51. The number of hydrogen-bond donors (Lipinski definition) is 1. The van der Waals surface area contributed by atoms with Gasteiger partial charge in [0.25, 0.3) is 0 Å². The quantitative estimate of drug-likeness (QED) is 0.391. The molecule has 6 nitrogen and oxygen atoms in total. The van der Waals surface area contributed by atoms with Crippen LogP contribution in [0.1, 0.15) is 43.0 Å². The van der Waals surface area contributed by atoms with Gasteiger partial charge < -0.3 is 14.8 Å². The minimum absolute atomic E-state index is 0.0424. The number of anilines is 1. The summed E-state index contributed by atoms with van der Waals surface area (Å²) in [6, 6.07) is 6.67. The molecule has 6 atom stereocenters. The largest absolute Gasteiger partial charge is 0.462 e. The average molecular weight is 450 g/mol. The van der Waals surface area contributed by atoms with Gasteiger partial charge in [-0.2, -0.15) is 0 Å². The van der Waals surface area contributed by atoms with Gasteiger partial charge in [0.2, 0.25) is 5.91 Å². The molecule has 2 aliphatic carbocycles. The monoisotopic (exact) mass is 449 g/mol. The summed E-state index contributed by atoms with van der Waals surface area (Å²) in [6.07, 6.45) is 3.72. The molecule has 0 unspecified atom stereocenters. The van der Waals surface area contributed by atoms with Crippen LogP contribution in [0.3, 0.4) is 0 Å². The molecule has 1 saturated heterocycles. The Kier molecular flexibility index (Phi) is 5.45. The van der Waals surface area contributed by atoms with E-state index in [4.69, 9.17) is 9.47 Å². The summed E-state index contributed by atoms with van der Waals surface area (Å²) in [4.78, 5) is 37.1. The van der Waals surface area contributed by atoms with Crippen molar-refractivity contribution < 1.29 is 23.9 Å². The first kappa shape index (κ1) is 19.4.